The maximum Gasteiger partial charge on any atom is 0.352 e. The summed E-state index contributed by atoms with van der Waals surface area (Å²) in [6.07, 6.45) is 6.79. The summed E-state index contributed by atoms with van der Waals surface area (Å²) in [7, 11) is 0. The van der Waals surface area contributed by atoms with E-state index >= 15 is 39.5 Å². The molecule has 129 heavy (non-hydrogen) atoms. The Hall–Kier alpha value is -11.9. The van der Waals surface area contributed by atoms with E-state index < -0.39 is 181 Å². The van der Waals surface area contributed by atoms with E-state index in [0.717, 1.165) is 90.5 Å². The number of alkyl halides is 8. The van der Waals surface area contributed by atoms with Crippen LogP contribution in [0.25, 0.3) is 0 Å². The summed E-state index contributed by atoms with van der Waals surface area (Å²) in [6.45, 7) is 18.5. The zero-order valence-corrected chi connectivity index (χ0v) is 71.3. The fourth-order valence-electron chi connectivity index (χ4n) is 18.4. The summed E-state index contributed by atoms with van der Waals surface area (Å²) in [5.74, 6) is -29.4. The number of rotatable bonds is 20. The number of Topliss-reactive ketones (excluding diaryl/α,β-unsaturated/α-hetero) is 1. The summed E-state index contributed by atoms with van der Waals surface area (Å²) in [5.41, 5.74) is -5.07. The van der Waals surface area contributed by atoms with E-state index in [9.17, 15) is 74.5 Å². The van der Waals surface area contributed by atoms with Crippen LogP contribution in [0.1, 0.15) is 203 Å². The van der Waals surface area contributed by atoms with Gasteiger partial charge in [0, 0.05) is 87.7 Å². The van der Waals surface area contributed by atoms with Gasteiger partial charge in [-0.05, 0) is 305 Å². The highest BCUT2D eigenvalue weighted by molar-refractivity contribution is 6.07. The Labute approximate surface area is 733 Å². The molecule has 8 aromatic rings. The van der Waals surface area contributed by atoms with Gasteiger partial charge in [-0.1, -0.05) is 26.1 Å². The SMILES string of the molecule is C=C(N1CC[C@H](O)C[C@H]1C)C(F)(F)c1cc(C(=O)Nc2ccc(F)c(C)c2)ccc1F.C=C(N1[C@@H]2CC[C@H]1CC(O)C2)C(F)(F)c1cccc(C(=O)Nc2ccc(F)c(C)c2)c1F.CC(=O)C1C[C@H]2CC[C@@H](C1)N2C(=O)C(F)(F)c1cc(C(=O)Nc2ccc(F)c(C)c2)ccc1F.Cc1cc(NC(=O)c2ccc(F)c(C(F)(F)C(=O)NC34CCC(C)(CC3)C4)c2)ccc1F. The van der Waals surface area contributed by atoms with E-state index in [2.05, 4.69) is 46.7 Å². The number of ketones is 1. The van der Waals surface area contributed by atoms with Crippen molar-refractivity contribution in [3.05, 3.63) is 283 Å². The van der Waals surface area contributed by atoms with Crippen molar-refractivity contribution < 1.29 is 114 Å². The highest BCUT2D eigenvalue weighted by Gasteiger charge is 2.57. The fraction of sp³-hybridized carbons (Fsp3) is 0.385. The molecule has 5 saturated heterocycles. The predicted molar refractivity (Wildman–Crippen MR) is 450 cm³/mol. The van der Waals surface area contributed by atoms with Crippen molar-refractivity contribution in [1.82, 2.24) is 20.0 Å². The number of nitrogens with one attached hydrogen (secondary N) is 5. The number of hydrogen-bond acceptors (Lipinski definition) is 11. The first-order chi connectivity index (χ1) is 60.5. The molecule has 33 heteroatoms. The van der Waals surface area contributed by atoms with Crippen LogP contribution in [-0.2, 0) is 38.1 Å². The van der Waals surface area contributed by atoms with Gasteiger partial charge in [-0.3, -0.25) is 33.6 Å². The maximum absolute atomic E-state index is 15.4. The Morgan fingerprint density at radius 2 is 0.791 bits per heavy atom. The lowest BCUT2D eigenvalue weighted by atomic mass is 9.86. The van der Waals surface area contributed by atoms with Crippen molar-refractivity contribution in [2.45, 2.75) is 216 Å². The summed E-state index contributed by atoms with van der Waals surface area (Å²) in [4.78, 5) is 91.4. The van der Waals surface area contributed by atoms with Gasteiger partial charge in [0.15, 0.2) is 0 Å². The number of anilines is 4. The standard InChI is InChI=1S/C25H24F4N2O3.2C24H24F4N2O2.C23H24F4N2O2/c1-13-9-17(4-8-21(13)26)30-23(33)15-3-7-22(27)20(12-15)25(28,29)24(34)31-18-5-6-19(31)11-16(10-18)14(2)32;1-14-11-16(4-6-18(14)25)29-20(31)15-3-5-19(26)17(12-15)24(27,28)21(32)30-23-9-7-22(2,13-23)8-10-23;1-13-10-15(6-9-21(13)25)29-23(32)19-4-3-5-20(22(19)26)24(27,28)14(2)30-16-7-8-17(30)12-18(31)11-16;1-13-10-17(5-7-20(13)24)28-22(31)16-4-6-21(25)19(12-16)23(26,27)15(3)29-9-8-18(30)11-14(29)2/h3-4,7-9,12,16,18-19H,5-6,10-11H2,1-2H3,(H,30,33);3-6,11-12H,7-10,13H2,1-2H3,(H,29,31)(H,30,32);3-6,9-10,16-18,31H,2,7-8,11-12H2,1H3,(H,29,32);4-7,10,12,14,18,30H,3,8-9,11H2,1-2H3,(H,28,31)/t16?,18-,19+;;16-,17+,18?;14-,18+/m...1/s1. The quantitative estimate of drug-likeness (QED) is 0.0355. The summed E-state index contributed by atoms with van der Waals surface area (Å²) in [6, 6.07) is 24.4. The highest BCUT2D eigenvalue weighted by atomic mass is 19.3. The lowest BCUT2D eigenvalue weighted by Gasteiger charge is -2.42. The van der Waals surface area contributed by atoms with Crippen LogP contribution < -0.4 is 26.6 Å². The molecule has 17 nitrogen and oxygen atoms in total. The maximum atomic E-state index is 15.4. The molecule has 2 saturated carbocycles. The monoisotopic (exact) mass is 1810 g/mol. The molecule has 5 heterocycles. The molecule has 6 bridgehead atoms. The third-order valence-electron chi connectivity index (χ3n) is 25.5. The van der Waals surface area contributed by atoms with Crippen LogP contribution in [0.15, 0.2) is 170 Å². The van der Waals surface area contributed by atoms with Gasteiger partial charge in [0.25, 0.3) is 35.4 Å². The minimum absolute atomic E-state index is 0.0307. The Morgan fingerprint density at radius 1 is 0.419 bits per heavy atom. The second kappa shape index (κ2) is 38.1. The van der Waals surface area contributed by atoms with E-state index in [0.29, 0.717) is 107 Å². The number of amides is 6. The molecular formula is C96H96F16N8O9. The minimum Gasteiger partial charge on any atom is -0.393 e. The first-order valence-electron chi connectivity index (χ1n) is 42.0. The van der Waals surface area contributed by atoms with E-state index in [4.69, 9.17) is 0 Å². The number of fused-ring (bicyclic) bond motifs is 6. The number of carbonyl (C=O) groups excluding carboxylic acids is 7. The molecule has 0 spiro atoms. The van der Waals surface area contributed by atoms with Gasteiger partial charge in [0.05, 0.1) is 51.4 Å². The van der Waals surface area contributed by atoms with Gasteiger partial charge in [0.1, 0.15) is 52.3 Å². The molecule has 7 fully saturated rings. The van der Waals surface area contributed by atoms with Gasteiger partial charge < -0.3 is 51.5 Å². The van der Waals surface area contributed by atoms with Gasteiger partial charge >= 0.3 is 23.7 Å². The van der Waals surface area contributed by atoms with Gasteiger partial charge in [-0.25, -0.2) is 35.1 Å². The average Bonchev–Trinajstić information content (AvgIpc) is 1.63. The molecule has 0 radical (unpaired) electrons. The van der Waals surface area contributed by atoms with Crippen LogP contribution in [0.3, 0.4) is 0 Å². The predicted octanol–water partition coefficient (Wildman–Crippen LogP) is 20.5. The number of aliphatic hydroxyl groups excluding tert-OH is 2. The number of halogens is 16. The van der Waals surface area contributed by atoms with Crippen LogP contribution in [0.2, 0.25) is 0 Å². The molecule has 8 atom stereocenters. The minimum atomic E-state index is -4.20. The van der Waals surface area contributed by atoms with Crippen molar-refractivity contribution in [3.8, 4) is 0 Å². The second-order valence-corrected chi connectivity index (χ2v) is 34.9. The summed E-state index contributed by atoms with van der Waals surface area (Å²) in [5, 5.41) is 32.0. The molecule has 8 aromatic carbocycles. The number of hydrogen-bond donors (Lipinski definition) is 7. The van der Waals surface area contributed by atoms with Gasteiger partial charge in [0.2, 0.25) is 0 Å². The Bertz CT molecular complexity index is 5680. The first-order valence-corrected chi connectivity index (χ1v) is 42.0. The number of aliphatic hydroxyl groups is 2. The number of carbonyl (C=O) groups is 7. The number of benzene rings is 8. The van der Waals surface area contributed by atoms with Crippen molar-refractivity contribution in [1.29, 1.82) is 0 Å². The molecule has 2 aliphatic carbocycles. The molecule has 7 N–H and O–H groups in total. The van der Waals surface area contributed by atoms with E-state index in [1.807, 2.05) is 0 Å². The Morgan fingerprint density at radius 3 is 1.17 bits per heavy atom. The van der Waals surface area contributed by atoms with E-state index in [1.165, 1.54) is 105 Å². The zero-order valence-electron chi connectivity index (χ0n) is 71.3. The lowest BCUT2D eigenvalue weighted by molar-refractivity contribution is -0.165. The summed E-state index contributed by atoms with van der Waals surface area (Å²) < 4.78 is 234. The third kappa shape index (κ3) is 20.9. The second-order valence-electron chi connectivity index (χ2n) is 34.9. The Kier molecular flexibility index (Phi) is 28.4. The molecule has 5 aliphatic heterocycles. The van der Waals surface area contributed by atoms with Crippen molar-refractivity contribution in [2.24, 2.45) is 11.3 Å². The Balaban J connectivity index is 0.000000156. The number of likely N-dealkylation sites (tertiary alicyclic amines) is 1. The van der Waals surface area contributed by atoms with Crippen molar-refractivity contribution >= 4 is 64.0 Å². The number of allylic oxidation sites excluding steroid dienone is 2. The topological polar surface area (TPSA) is 230 Å². The van der Waals surface area contributed by atoms with Crippen LogP contribution in [0.4, 0.5) is 93.0 Å². The zero-order chi connectivity index (χ0) is 94.2. The molecular weight excluding hydrogens is 1710 g/mol. The van der Waals surface area contributed by atoms with E-state index in [1.54, 1.807) is 6.92 Å². The average molecular weight is 1810 g/mol. The third-order valence-corrected chi connectivity index (χ3v) is 25.5. The molecule has 7 aliphatic rings. The van der Waals surface area contributed by atoms with Crippen molar-refractivity contribution in [3.63, 3.8) is 0 Å². The smallest absolute Gasteiger partial charge is 0.352 e. The number of nitrogens with zero attached hydrogens (tertiary/aromatic N) is 3. The van der Waals surface area contributed by atoms with Crippen LogP contribution in [-0.4, -0.2) is 121 Å². The molecule has 6 amide bonds. The number of piperidine rings is 3. The lowest BCUT2D eigenvalue weighted by Crippen LogP contribution is -2.52. The largest absolute Gasteiger partial charge is 0.393 e. The van der Waals surface area contributed by atoms with E-state index in [-0.39, 0.29) is 86.3 Å². The highest BCUT2D eigenvalue weighted by Crippen LogP contribution is 2.57. The van der Waals surface area contributed by atoms with Gasteiger partial charge in [-0.2, -0.15) is 35.1 Å². The van der Waals surface area contributed by atoms with Crippen LogP contribution in [0.5, 0.6) is 0 Å². The molecule has 2 unspecified atom stereocenters. The molecule has 0 aromatic heterocycles. The molecule has 686 valence electrons. The van der Waals surface area contributed by atoms with Crippen LogP contribution in [0, 0.1) is 85.6 Å². The molecule has 15 rings (SSSR count). The fourth-order valence-corrected chi connectivity index (χ4v) is 18.4. The summed E-state index contributed by atoms with van der Waals surface area (Å²) >= 11 is 0. The van der Waals surface area contributed by atoms with Crippen LogP contribution >= 0.6 is 0 Å². The number of aryl methyl sites for hydroxylation is 4. The van der Waals surface area contributed by atoms with Gasteiger partial charge in [-0.15, -0.1) is 0 Å². The normalized spacial score (nSPS) is 22.1. The first kappa shape index (κ1) is 96.2. The van der Waals surface area contributed by atoms with Crippen molar-refractivity contribution in [2.75, 3.05) is 27.8 Å².